The first-order chi connectivity index (χ1) is 8.20. The quantitative estimate of drug-likeness (QED) is 0.837. The molecule has 0 saturated heterocycles. The van der Waals surface area contributed by atoms with Gasteiger partial charge in [0.1, 0.15) is 0 Å². The fourth-order valence-corrected chi connectivity index (χ4v) is 2.20. The molecule has 0 radical (unpaired) electrons. The van der Waals surface area contributed by atoms with Gasteiger partial charge in [0.25, 0.3) is 0 Å². The number of amides is 1. The van der Waals surface area contributed by atoms with Gasteiger partial charge in [0, 0.05) is 30.6 Å². The molecule has 0 bridgehead atoms. The minimum atomic E-state index is 0.155. The van der Waals surface area contributed by atoms with Crippen molar-refractivity contribution in [1.29, 1.82) is 0 Å². The van der Waals surface area contributed by atoms with Gasteiger partial charge in [-0.25, -0.2) is 0 Å². The molecule has 2 rings (SSSR count). The Kier molecular flexibility index (Phi) is 3.67. The highest BCUT2D eigenvalue weighted by molar-refractivity contribution is 5.78. The topological polar surface area (TPSA) is 41.1 Å². The predicted molar refractivity (Wildman–Crippen MR) is 70.2 cm³/mol. The zero-order valence-electron chi connectivity index (χ0n) is 10.5. The molecule has 17 heavy (non-hydrogen) atoms. The average molecular weight is 232 g/mol. The second-order valence-electron chi connectivity index (χ2n) is 4.75. The minimum Gasteiger partial charge on any atom is -0.384 e. The summed E-state index contributed by atoms with van der Waals surface area (Å²) in [5.41, 5.74) is 2.45. The Morgan fingerprint density at radius 3 is 3.06 bits per heavy atom. The van der Waals surface area contributed by atoms with E-state index in [1.54, 1.807) is 0 Å². The molecule has 2 atom stereocenters. The SMILES string of the molecule is CCC(C)NC(=O)CC1CNc2ccccc21. The van der Waals surface area contributed by atoms with E-state index in [0.717, 1.165) is 13.0 Å². The molecule has 1 amide bonds. The van der Waals surface area contributed by atoms with E-state index in [0.29, 0.717) is 12.3 Å². The monoisotopic (exact) mass is 232 g/mol. The summed E-state index contributed by atoms with van der Waals surface area (Å²) in [5.74, 6) is 0.470. The third kappa shape index (κ3) is 2.78. The Balaban J connectivity index is 1.95. The molecule has 0 fully saturated rings. The number of fused-ring (bicyclic) bond motifs is 1. The van der Waals surface area contributed by atoms with Crippen LogP contribution in [0.1, 0.15) is 38.2 Å². The number of nitrogens with one attached hydrogen (secondary N) is 2. The maximum absolute atomic E-state index is 11.8. The van der Waals surface area contributed by atoms with Crippen molar-refractivity contribution in [1.82, 2.24) is 5.32 Å². The van der Waals surface area contributed by atoms with E-state index in [4.69, 9.17) is 0 Å². The zero-order chi connectivity index (χ0) is 12.3. The van der Waals surface area contributed by atoms with Crippen molar-refractivity contribution in [3.8, 4) is 0 Å². The van der Waals surface area contributed by atoms with Crippen molar-refractivity contribution in [3.05, 3.63) is 29.8 Å². The summed E-state index contributed by atoms with van der Waals surface area (Å²) in [7, 11) is 0. The number of rotatable bonds is 4. The largest absolute Gasteiger partial charge is 0.384 e. The Hall–Kier alpha value is -1.51. The third-order valence-corrected chi connectivity index (χ3v) is 3.39. The number of hydrogen-bond donors (Lipinski definition) is 2. The molecule has 0 aliphatic carbocycles. The lowest BCUT2D eigenvalue weighted by molar-refractivity contribution is -0.122. The van der Waals surface area contributed by atoms with Gasteiger partial charge in [-0.2, -0.15) is 0 Å². The van der Waals surface area contributed by atoms with Crippen molar-refractivity contribution in [2.75, 3.05) is 11.9 Å². The van der Waals surface area contributed by atoms with E-state index in [1.807, 2.05) is 19.1 Å². The summed E-state index contributed by atoms with van der Waals surface area (Å²) in [6.07, 6.45) is 1.56. The highest BCUT2D eigenvalue weighted by Crippen LogP contribution is 2.32. The van der Waals surface area contributed by atoms with Crippen LogP contribution in [0.4, 0.5) is 5.69 Å². The second kappa shape index (κ2) is 5.21. The highest BCUT2D eigenvalue weighted by atomic mass is 16.1. The van der Waals surface area contributed by atoms with Crippen molar-refractivity contribution in [2.45, 2.75) is 38.6 Å². The lowest BCUT2D eigenvalue weighted by Gasteiger charge is -2.14. The van der Waals surface area contributed by atoms with Crippen LogP contribution in [0.2, 0.25) is 0 Å². The standard InChI is InChI=1S/C14H20N2O/c1-3-10(2)16-14(17)8-11-9-15-13-7-5-4-6-12(11)13/h4-7,10-11,15H,3,8-9H2,1-2H3,(H,16,17). The van der Waals surface area contributed by atoms with Gasteiger partial charge < -0.3 is 10.6 Å². The van der Waals surface area contributed by atoms with Gasteiger partial charge >= 0.3 is 0 Å². The smallest absolute Gasteiger partial charge is 0.220 e. The molecular formula is C14H20N2O. The van der Waals surface area contributed by atoms with Crippen LogP contribution in [0.15, 0.2) is 24.3 Å². The number of anilines is 1. The van der Waals surface area contributed by atoms with Crippen LogP contribution in [0.5, 0.6) is 0 Å². The van der Waals surface area contributed by atoms with Crippen LogP contribution < -0.4 is 10.6 Å². The maximum Gasteiger partial charge on any atom is 0.220 e. The van der Waals surface area contributed by atoms with Gasteiger partial charge in [-0.3, -0.25) is 4.79 Å². The van der Waals surface area contributed by atoms with Crippen molar-refractivity contribution >= 4 is 11.6 Å². The molecule has 2 unspecified atom stereocenters. The molecule has 1 aliphatic heterocycles. The van der Waals surface area contributed by atoms with Crippen molar-refractivity contribution in [2.24, 2.45) is 0 Å². The van der Waals surface area contributed by atoms with Crippen LogP contribution >= 0.6 is 0 Å². The first-order valence-electron chi connectivity index (χ1n) is 6.33. The van der Waals surface area contributed by atoms with Crippen LogP contribution in [-0.4, -0.2) is 18.5 Å². The average Bonchev–Trinajstić information content (AvgIpc) is 2.72. The Morgan fingerprint density at radius 1 is 1.53 bits per heavy atom. The van der Waals surface area contributed by atoms with Crippen molar-refractivity contribution < 1.29 is 4.79 Å². The number of para-hydroxylation sites is 1. The normalized spacial score (nSPS) is 19.3. The predicted octanol–water partition coefficient (Wildman–Crippen LogP) is 2.50. The molecule has 92 valence electrons. The maximum atomic E-state index is 11.8. The summed E-state index contributed by atoms with van der Waals surface area (Å²) in [4.78, 5) is 11.8. The van der Waals surface area contributed by atoms with E-state index >= 15 is 0 Å². The third-order valence-electron chi connectivity index (χ3n) is 3.39. The first kappa shape index (κ1) is 12.0. The summed E-state index contributed by atoms with van der Waals surface area (Å²) >= 11 is 0. The van der Waals surface area contributed by atoms with Crippen LogP contribution in [0.3, 0.4) is 0 Å². The number of carbonyl (C=O) groups excluding carboxylic acids is 1. The van der Waals surface area contributed by atoms with Crippen LogP contribution in [0.25, 0.3) is 0 Å². The molecule has 0 aromatic heterocycles. The molecule has 0 spiro atoms. The summed E-state index contributed by atoms with van der Waals surface area (Å²) in [5, 5.41) is 6.36. The van der Waals surface area contributed by atoms with Gasteiger partial charge in [-0.15, -0.1) is 0 Å². The second-order valence-corrected chi connectivity index (χ2v) is 4.75. The van der Waals surface area contributed by atoms with E-state index in [2.05, 4.69) is 29.7 Å². The lowest BCUT2D eigenvalue weighted by atomic mass is 9.97. The highest BCUT2D eigenvalue weighted by Gasteiger charge is 2.24. The number of hydrogen-bond acceptors (Lipinski definition) is 2. The van der Waals surface area contributed by atoms with E-state index in [-0.39, 0.29) is 11.9 Å². The summed E-state index contributed by atoms with van der Waals surface area (Å²) < 4.78 is 0. The minimum absolute atomic E-state index is 0.155. The summed E-state index contributed by atoms with van der Waals surface area (Å²) in [6, 6.07) is 8.50. The fourth-order valence-electron chi connectivity index (χ4n) is 2.20. The van der Waals surface area contributed by atoms with E-state index in [9.17, 15) is 4.79 Å². The van der Waals surface area contributed by atoms with E-state index in [1.165, 1.54) is 11.3 Å². The summed E-state index contributed by atoms with van der Waals surface area (Å²) in [6.45, 7) is 4.99. The molecule has 2 N–H and O–H groups in total. The number of benzene rings is 1. The Morgan fingerprint density at radius 2 is 2.29 bits per heavy atom. The van der Waals surface area contributed by atoms with Gasteiger partial charge in [-0.1, -0.05) is 25.1 Å². The van der Waals surface area contributed by atoms with Gasteiger partial charge in [0.2, 0.25) is 5.91 Å². The molecule has 1 heterocycles. The molecule has 1 aromatic rings. The first-order valence-corrected chi connectivity index (χ1v) is 6.33. The molecule has 1 aromatic carbocycles. The molecule has 3 heteroatoms. The molecular weight excluding hydrogens is 212 g/mol. The Bertz CT molecular complexity index is 403. The zero-order valence-corrected chi connectivity index (χ0v) is 10.5. The van der Waals surface area contributed by atoms with Crippen molar-refractivity contribution in [3.63, 3.8) is 0 Å². The van der Waals surface area contributed by atoms with Crippen LogP contribution in [0, 0.1) is 0 Å². The fraction of sp³-hybridized carbons (Fsp3) is 0.500. The van der Waals surface area contributed by atoms with Crippen LogP contribution in [-0.2, 0) is 4.79 Å². The van der Waals surface area contributed by atoms with Gasteiger partial charge in [0.05, 0.1) is 0 Å². The Labute approximate surface area is 103 Å². The molecule has 3 nitrogen and oxygen atoms in total. The van der Waals surface area contributed by atoms with Gasteiger partial charge in [0.15, 0.2) is 0 Å². The number of carbonyl (C=O) groups is 1. The van der Waals surface area contributed by atoms with E-state index < -0.39 is 0 Å². The molecule has 1 aliphatic rings. The lowest BCUT2D eigenvalue weighted by Crippen LogP contribution is -2.33. The molecule has 0 saturated carbocycles. The van der Waals surface area contributed by atoms with Gasteiger partial charge in [-0.05, 0) is 25.0 Å².